The van der Waals surface area contributed by atoms with E-state index in [9.17, 15) is 9.59 Å². The maximum Gasteiger partial charge on any atom is 0.251 e. The van der Waals surface area contributed by atoms with Crippen molar-refractivity contribution in [2.75, 3.05) is 10.6 Å². The van der Waals surface area contributed by atoms with Crippen molar-refractivity contribution in [1.29, 1.82) is 0 Å². The number of carbonyl (C=O) groups is 2. The van der Waals surface area contributed by atoms with Crippen molar-refractivity contribution < 1.29 is 9.59 Å². The predicted octanol–water partition coefficient (Wildman–Crippen LogP) is 3.88. The molecule has 3 aliphatic carbocycles. The first kappa shape index (κ1) is 19.7. The fourth-order valence-electron chi connectivity index (χ4n) is 7.96. The van der Waals surface area contributed by atoms with E-state index in [2.05, 4.69) is 19.9 Å². The topological polar surface area (TPSA) is 89.4 Å². The van der Waals surface area contributed by atoms with Gasteiger partial charge >= 0.3 is 0 Å². The number of para-hydroxylation sites is 2. The summed E-state index contributed by atoms with van der Waals surface area (Å²) in [5.74, 6) is 1.57. The Hall–Kier alpha value is -2.30. The lowest BCUT2D eigenvalue weighted by Crippen LogP contribution is -2.61. The molecular weight excluding hydrogens is 374 g/mol. The molecule has 2 amide bonds. The minimum absolute atomic E-state index is 0.0121. The number of rotatable bonds is 2. The largest absolute Gasteiger partial charge is 0.397 e. The summed E-state index contributed by atoms with van der Waals surface area (Å²) in [6.07, 6.45) is 10.2. The minimum atomic E-state index is -0.118. The van der Waals surface area contributed by atoms with Crippen LogP contribution in [0.4, 0.5) is 11.4 Å². The molecule has 4 aliphatic rings. The van der Waals surface area contributed by atoms with E-state index in [-0.39, 0.29) is 34.6 Å². The molecule has 5 nitrogen and oxygen atoms in total. The summed E-state index contributed by atoms with van der Waals surface area (Å²) < 4.78 is 0. The molecule has 0 bridgehead atoms. The smallest absolute Gasteiger partial charge is 0.251 e. The molecular formula is C25H33N3O2. The van der Waals surface area contributed by atoms with Crippen molar-refractivity contribution in [2.45, 2.75) is 58.4 Å². The van der Waals surface area contributed by atoms with E-state index in [1.54, 1.807) is 6.08 Å². The van der Waals surface area contributed by atoms with Crippen LogP contribution in [0.1, 0.15) is 52.4 Å². The number of primary amides is 1. The van der Waals surface area contributed by atoms with Gasteiger partial charge in [0.15, 0.2) is 0 Å². The van der Waals surface area contributed by atoms with Crippen LogP contribution in [0.2, 0.25) is 0 Å². The van der Waals surface area contributed by atoms with Crippen LogP contribution >= 0.6 is 0 Å². The molecule has 1 heterocycles. The quantitative estimate of drug-likeness (QED) is 0.729. The second-order valence-corrected chi connectivity index (χ2v) is 10.5. The highest BCUT2D eigenvalue weighted by molar-refractivity contribution is 6.05. The maximum absolute atomic E-state index is 13.0. The third-order valence-electron chi connectivity index (χ3n) is 9.40. The summed E-state index contributed by atoms with van der Waals surface area (Å²) in [6.45, 7) is 4.65. The van der Waals surface area contributed by atoms with Crippen molar-refractivity contribution >= 4 is 23.2 Å². The van der Waals surface area contributed by atoms with Gasteiger partial charge in [-0.2, -0.15) is 0 Å². The number of fused-ring (bicyclic) bond motifs is 5. The van der Waals surface area contributed by atoms with Gasteiger partial charge in [0.05, 0.1) is 11.4 Å². The van der Waals surface area contributed by atoms with E-state index in [0.29, 0.717) is 23.4 Å². The fourth-order valence-corrected chi connectivity index (χ4v) is 7.96. The lowest BCUT2D eigenvalue weighted by molar-refractivity contribution is -0.130. The molecule has 0 saturated heterocycles. The van der Waals surface area contributed by atoms with Gasteiger partial charge in [-0.1, -0.05) is 32.1 Å². The third-order valence-corrected chi connectivity index (χ3v) is 9.40. The Kier molecular flexibility index (Phi) is 4.32. The number of amides is 2. The van der Waals surface area contributed by atoms with E-state index in [0.717, 1.165) is 44.2 Å². The highest BCUT2D eigenvalue weighted by atomic mass is 16.2. The zero-order valence-electron chi connectivity index (χ0n) is 18.0. The summed E-state index contributed by atoms with van der Waals surface area (Å²) in [6, 6.07) is 7.83. The van der Waals surface area contributed by atoms with Crippen LogP contribution in [0.25, 0.3) is 0 Å². The lowest BCUT2D eigenvalue weighted by Gasteiger charge is -2.60. The Labute approximate surface area is 178 Å². The van der Waals surface area contributed by atoms with Gasteiger partial charge in [-0.15, -0.1) is 0 Å². The third kappa shape index (κ3) is 2.53. The normalized spacial score (nSPS) is 42.4. The number of benzene rings is 1. The summed E-state index contributed by atoms with van der Waals surface area (Å²) in [7, 11) is 0. The van der Waals surface area contributed by atoms with E-state index in [1.165, 1.54) is 0 Å². The van der Waals surface area contributed by atoms with Crippen LogP contribution in [0, 0.1) is 34.5 Å². The van der Waals surface area contributed by atoms with E-state index in [1.807, 2.05) is 29.2 Å². The standard InChI is InChI=1S/C25H33N3O2/c1-24-13-11-17-15(16(24)8-9-18(24)23(27)30)7-10-21-25(17,2)14-12-22(29)28(21)20-6-4-3-5-19(20)26/h3-6,12,14-18,21H,7-11,13,26H2,1-2H3,(H2,27,30)/t15-,16-,17-,18+,21+,24-,25+/m0/s1. The monoisotopic (exact) mass is 407 g/mol. The first-order chi connectivity index (χ1) is 14.3. The van der Waals surface area contributed by atoms with Gasteiger partial charge in [0, 0.05) is 23.5 Å². The molecule has 0 unspecified atom stereocenters. The number of nitrogens with two attached hydrogens (primary N) is 2. The molecule has 7 atom stereocenters. The molecule has 0 aromatic heterocycles. The summed E-state index contributed by atoms with van der Waals surface area (Å²) in [4.78, 5) is 27.1. The van der Waals surface area contributed by atoms with Gasteiger partial charge in [-0.05, 0) is 73.8 Å². The van der Waals surface area contributed by atoms with Crippen LogP contribution in [-0.2, 0) is 9.59 Å². The van der Waals surface area contributed by atoms with E-state index < -0.39 is 0 Å². The van der Waals surface area contributed by atoms with Gasteiger partial charge in [-0.25, -0.2) is 0 Å². The Morgan fingerprint density at radius 2 is 1.83 bits per heavy atom. The van der Waals surface area contributed by atoms with Crippen molar-refractivity contribution in [3.05, 3.63) is 36.4 Å². The van der Waals surface area contributed by atoms with Crippen LogP contribution in [-0.4, -0.2) is 17.9 Å². The highest BCUT2D eigenvalue weighted by Crippen LogP contribution is 2.65. The molecule has 30 heavy (non-hydrogen) atoms. The fraction of sp³-hybridized carbons (Fsp3) is 0.600. The molecule has 0 spiro atoms. The van der Waals surface area contributed by atoms with Gasteiger partial charge in [-0.3, -0.25) is 9.59 Å². The zero-order valence-corrected chi connectivity index (χ0v) is 18.0. The second-order valence-electron chi connectivity index (χ2n) is 10.5. The summed E-state index contributed by atoms with van der Waals surface area (Å²) >= 11 is 0. The van der Waals surface area contributed by atoms with Crippen LogP contribution in [0.15, 0.2) is 36.4 Å². The van der Waals surface area contributed by atoms with Crippen molar-refractivity contribution in [3.63, 3.8) is 0 Å². The Morgan fingerprint density at radius 3 is 2.57 bits per heavy atom. The Morgan fingerprint density at radius 1 is 1.07 bits per heavy atom. The average molecular weight is 408 g/mol. The highest BCUT2D eigenvalue weighted by Gasteiger charge is 2.61. The number of anilines is 2. The van der Waals surface area contributed by atoms with Crippen LogP contribution in [0.5, 0.6) is 0 Å². The second kappa shape index (κ2) is 6.60. The number of hydrogen-bond donors (Lipinski definition) is 2. The molecule has 3 saturated carbocycles. The number of nitrogens with zero attached hydrogens (tertiary/aromatic N) is 1. The van der Waals surface area contributed by atoms with Gasteiger partial charge in [0.25, 0.3) is 5.91 Å². The molecule has 1 aromatic rings. The zero-order chi connectivity index (χ0) is 21.3. The van der Waals surface area contributed by atoms with Crippen molar-refractivity contribution in [1.82, 2.24) is 0 Å². The molecule has 1 aromatic carbocycles. The Balaban J connectivity index is 1.51. The summed E-state index contributed by atoms with van der Waals surface area (Å²) in [5.41, 5.74) is 13.5. The Bertz CT molecular complexity index is 927. The van der Waals surface area contributed by atoms with E-state index >= 15 is 0 Å². The van der Waals surface area contributed by atoms with Gasteiger partial charge < -0.3 is 16.4 Å². The molecule has 5 rings (SSSR count). The van der Waals surface area contributed by atoms with Crippen molar-refractivity contribution in [2.24, 2.45) is 40.2 Å². The SMILES string of the molecule is C[C@]12C=CC(=O)N(c3ccccc3N)[C@@H]1CC[C@@H]1[C@@H]2CC[C@]2(C)[C@@H](C(N)=O)CC[C@@H]12. The van der Waals surface area contributed by atoms with Crippen LogP contribution in [0.3, 0.4) is 0 Å². The van der Waals surface area contributed by atoms with Gasteiger partial charge in [0.1, 0.15) is 0 Å². The number of nitrogen functional groups attached to an aromatic ring is 1. The lowest BCUT2D eigenvalue weighted by atomic mass is 9.47. The predicted molar refractivity (Wildman–Crippen MR) is 118 cm³/mol. The minimum Gasteiger partial charge on any atom is -0.397 e. The van der Waals surface area contributed by atoms with Crippen molar-refractivity contribution in [3.8, 4) is 0 Å². The molecule has 3 fully saturated rings. The summed E-state index contributed by atoms with van der Waals surface area (Å²) in [5, 5.41) is 0. The first-order valence-corrected chi connectivity index (χ1v) is 11.4. The number of carbonyl (C=O) groups excluding carboxylic acids is 2. The van der Waals surface area contributed by atoms with Gasteiger partial charge in [0.2, 0.25) is 5.91 Å². The molecule has 160 valence electrons. The molecule has 1 aliphatic heterocycles. The van der Waals surface area contributed by atoms with E-state index in [4.69, 9.17) is 11.5 Å². The molecule has 0 radical (unpaired) electrons. The average Bonchev–Trinajstić information content (AvgIpc) is 3.07. The maximum atomic E-state index is 13.0. The first-order valence-electron chi connectivity index (χ1n) is 11.4. The number of hydrogen-bond acceptors (Lipinski definition) is 3. The molecule has 5 heteroatoms. The van der Waals surface area contributed by atoms with Crippen LogP contribution < -0.4 is 16.4 Å². The molecule has 4 N–H and O–H groups in total.